The van der Waals surface area contributed by atoms with Crippen LogP contribution in [-0.2, 0) is 0 Å². The van der Waals surface area contributed by atoms with Gasteiger partial charge in [0.1, 0.15) is 11.9 Å². The van der Waals surface area contributed by atoms with Gasteiger partial charge in [-0.3, -0.25) is 4.98 Å². The van der Waals surface area contributed by atoms with E-state index in [4.69, 9.17) is 11.6 Å². The number of aromatic nitrogens is 1. The fourth-order valence-electron chi connectivity index (χ4n) is 2.10. The first-order valence-electron chi connectivity index (χ1n) is 6.29. The minimum Gasteiger partial charge on any atom is -0.354 e. The van der Waals surface area contributed by atoms with Crippen LogP contribution < -0.4 is 5.32 Å². The molecule has 0 unspecified atom stereocenters. The molecule has 3 aromatic rings. The van der Waals surface area contributed by atoms with Gasteiger partial charge in [0.25, 0.3) is 0 Å². The fraction of sp³-hybridized carbons (Fsp3) is 0. The number of halogens is 4. The molecule has 0 amide bonds. The van der Waals surface area contributed by atoms with Crippen molar-refractivity contribution < 1.29 is 4.39 Å². The van der Waals surface area contributed by atoms with E-state index in [1.54, 1.807) is 6.07 Å². The van der Waals surface area contributed by atoms with Crippen molar-refractivity contribution in [3.05, 3.63) is 63.5 Å². The van der Waals surface area contributed by atoms with E-state index in [1.165, 1.54) is 18.3 Å². The van der Waals surface area contributed by atoms with Gasteiger partial charge >= 0.3 is 0 Å². The van der Waals surface area contributed by atoms with Gasteiger partial charge in [0.05, 0.1) is 21.8 Å². The maximum atomic E-state index is 13.3. The summed E-state index contributed by atoms with van der Waals surface area (Å²) in [5.41, 5.74) is 2.34. The summed E-state index contributed by atoms with van der Waals surface area (Å²) in [6, 6.07) is 12.0. The predicted octanol–water partition coefficient (Wildman–Crippen LogP) is 5.83. The van der Waals surface area contributed by atoms with Crippen molar-refractivity contribution in [3.8, 4) is 6.07 Å². The lowest BCUT2D eigenvalue weighted by molar-refractivity contribution is 0.628. The average Bonchev–Trinajstić information content (AvgIpc) is 2.51. The Labute approximate surface area is 151 Å². The molecule has 0 radical (unpaired) electrons. The second-order valence-electron chi connectivity index (χ2n) is 4.57. The second kappa shape index (κ2) is 7.14. The average molecular weight is 413 g/mol. The zero-order chi connectivity index (χ0) is 15.7. The van der Waals surface area contributed by atoms with E-state index in [-0.39, 0.29) is 17.4 Å². The molecule has 3 nitrogen and oxygen atoms in total. The highest BCUT2D eigenvalue weighted by Gasteiger charge is 2.10. The third kappa shape index (κ3) is 3.56. The van der Waals surface area contributed by atoms with E-state index in [2.05, 4.69) is 32.3 Å². The molecule has 0 bridgehead atoms. The molecule has 3 rings (SSSR count). The van der Waals surface area contributed by atoms with Crippen molar-refractivity contribution in [3.63, 3.8) is 0 Å². The van der Waals surface area contributed by atoms with E-state index in [1.807, 2.05) is 18.2 Å². The maximum absolute atomic E-state index is 13.3. The molecule has 0 atom stereocenters. The number of hydrogen-bond donors (Lipinski definition) is 1. The lowest BCUT2D eigenvalue weighted by Gasteiger charge is -2.12. The van der Waals surface area contributed by atoms with Gasteiger partial charge < -0.3 is 5.32 Å². The lowest BCUT2D eigenvalue weighted by atomic mass is 10.1. The zero-order valence-corrected chi connectivity index (χ0v) is 14.6. The van der Waals surface area contributed by atoms with Gasteiger partial charge in [0.2, 0.25) is 0 Å². The molecule has 1 heterocycles. The number of nitriles is 1. The molecule has 0 saturated carbocycles. The number of pyridine rings is 1. The second-order valence-corrected chi connectivity index (χ2v) is 5.90. The van der Waals surface area contributed by atoms with Gasteiger partial charge in [-0.05, 0) is 36.4 Å². The molecule has 0 aliphatic rings. The quantitative estimate of drug-likeness (QED) is 0.576. The summed E-state index contributed by atoms with van der Waals surface area (Å²) in [6.45, 7) is 0. The number of nitrogens with one attached hydrogen (secondary N) is 1. The number of anilines is 2. The minimum absolute atomic E-state index is 0. The summed E-state index contributed by atoms with van der Waals surface area (Å²) in [5.74, 6) is -0.491. The van der Waals surface area contributed by atoms with Gasteiger partial charge in [-0.1, -0.05) is 27.5 Å². The molecule has 0 fully saturated rings. The van der Waals surface area contributed by atoms with E-state index in [9.17, 15) is 9.65 Å². The van der Waals surface area contributed by atoms with Crippen LogP contribution in [0, 0.1) is 17.1 Å². The van der Waals surface area contributed by atoms with E-state index in [0.717, 1.165) is 15.4 Å². The summed E-state index contributed by atoms with van der Waals surface area (Å²) in [6.07, 6.45) is 1.50. The fourth-order valence-corrected chi connectivity index (χ4v) is 2.64. The van der Waals surface area contributed by atoms with Gasteiger partial charge in [-0.2, -0.15) is 5.26 Å². The van der Waals surface area contributed by atoms with E-state index < -0.39 is 5.82 Å². The van der Waals surface area contributed by atoms with Crippen molar-refractivity contribution in [2.24, 2.45) is 0 Å². The summed E-state index contributed by atoms with van der Waals surface area (Å²) < 4.78 is 14.1. The van der Waals surface area contributed by atoms with Gasteiger partial charge in [0, 0.05) is 21.7 Å². The highest BCUT2D eigenvalue weighted by Crippen LogP contribution is 2.31. The topological polar surface area (TPSA) is 48.7 Å². The number of benzene rings is 2. The number of nitrogens with zero attached hydrogens (tertiary/aromatic N) is 2. The maximum Gasteiger partial charge on any atom is 0.141 e. The molecule has 7 heteroatoms. The van der Waals surface area contributed by atoms with Crippen LogP contribution in [0.4, 0.5) is 15.8 Å². The zero-order valence-electron chi connectivity index (χ0n) is 11.5. The Morgan fingerprint density at radius 3 is 2.70 bits per heavy atom. The minimum atomic E-state index is -0.491. The van der Waals surface area contributed by atoms with Crippen LogP contribution in [0.15, 0.2) is 47.1 Å². The highest BCUT2D eigenvalue weighted by atomic mass is 79.9. The number of fused-ring (bicyclic) bond motifs is 1. The van der Waals surface area contributed by atoms with Gasteiger partial charge in [-0.25, -0.2) is 4.39 Å². The van der Waals surface area contributed by atoms with Gasteiger partial charge in [0.15, 0.2) is 0 Å². The SMILES string of the molecule is Cl.N#Cc1cnc2ccc(Br)cc2c1Nc1ccc(F)c(Cl)c1. The standard InChI is InChI=1S/C16H8BrClFN3.ClH/c17-10-1-4-15-12(5-10)16(9(7-20)8-21-15)22-11-2-3-14(19)13(18)6-11;/h1-6,8H,(H,21,22);1H. The van der Waals surface area contributed by atoms with Crippen LogP contribution in [-0.4, -0.2) is 4.98 Å². The van der Waals surface area contributed by atoms with Crippen molar-refractivity contribution in [2.45, 2.75) is 0 Å². The lowest BCUT2D eigenvalue weighted by Crippen LogP contribution is -1.97. The van der Waals surface area contributed by atoms with Crippen LogP contribution in [0.25, 0.3) is 10.9 Å². The summed E-state index contributed by atoms with van der Waals surface area (Å²) >= 11 is 9.21. The first-order chi connectivity index (χ1) is 10.6. The molecule has 1 aromatic heterocycles. The van der Waals surface area contributed by atoms with Crippen LogP contribution in [0.5, 0.6) is 0 Å². The molecule has 0 saturated heterocycles. The monoisotopic (exact) mass is 411 g/mol. The predicted molar refractivity (Wildman–Crippen MR) is 96.1 cm³/mol. The Balaban J connectivity index is 0.00000192. The van der Waals surface area contributed by atoms with E-state index in [0.29, 0.717) is 16.9 Å². The largest absolute Gasteiger partial charge is 0.354 e. The van der Waals surface area contributed by atoms with Crippen molar-refractivity contribution in [1.82, 2.24) is 4.98 Å². The Hall–Kier alpha value is -1.87. The summed E-state index contributed by atoms with van der Waals surface area (Å²) in [7, 11) is 0. The Morgan fingerprint density at radius 1 is 1.22 bits per heavy atom. The summed E-state index contributed by atoms with van der Waals surface area (Å²) in [5, 5.41) is 13.2. The Morgan fingerprint density at radius 2 is 2.00 bits per heavy atom. The highest BCUT2D eigenvalue weighted by molar-refractivity contribution is 9.10. The van der Waals surface area contributed by atoms with Crippen molar-refractivity contribution >= 4 is 62.2 Å². The summed E-state index contributed by atoms with van der Waals surface area (Å²) in [4.78, 5) is 4.26. The van der Waals surface area contributed by atoms with Crippen LogP contribution in [0.2, 0.25) is 5.02 Å². The molecule has 1 N–H and O–H groups in total. The molecule has 23 heavy (non-hydrogen) atoms. The van der Waals surface area contributed by atoms with Crippen LogP contribution in [0.3, 0.4) is 0 Å². The van der Waals surface area contributed by atoms with Crippen molar-refractivity contribution in [1.29, 1.82) is 5.26 Å². The van der Waals surface area contributed by atoms with Gasteiger partial charge in [-0.15, -0.1) is 12.4 Å². The molecule has 116 valence electrons. The third-order valence-electron chi connectivity index (χ3n) is 3.14. The molecule has 0 aliphatic heterocycles. The Bertz CT molecular complexity index is 925. The smallest absolute Gasteiger partial charge is 0.141 e. The Kier molecular flexibility index (Phi) is 5.42. The molecular weight excluding hydrogens is 404 g/mol. The number of hydrogen-bond acceptors (Lipinski definition) is 3. The van der Waals surface area contributed by atoms with Crippen molar-refractivity contribution in [2.75, 3.05) is 5.32 Å². The van der Waals surface area contributed by atoms with E-state index >= 15 is 0 Å². The molecule has 0 aliphatic carbocycles. The first kappa shape index (κ1) is 17.5. The van der Waals surface area contributed by atoms with Crippen LogP contribution >= 0.6 is 39.9 Å². The number of rotatable bonds is 2. The van der Waals surface area contributed by atoms with Crippen LogP contribution in [0.1, 0.15) is 5.56 Å². The third-order valence-corrected chi connectivity index (χ3v) is 3.92. The molecule has 2 aromatic carbocycles. The normalized spacial score (nSPS) is 10.0. The first-order valence-corrected chi connectivity index (χ1v) is 7.46. The molecular formula is C16H9BrCl2FN3. The molecule has 0 spiro atoms.